The zero-order valence-electron chi connectivity index (χ0n) is 14.8. The lowest BCUT2D eigenvalue weighted by Crippen LogP contribution is -2.51. The summed E-state index contributed by atoms with van der Waals surface area (Å²) in [5.41, 5.74) is 2.28. The van der Waals surface area contributed by atoms with Crippen LogP contribution >= 0.6 is 0 Å². The molecule has 0 bridgehead atoms. The number of carbonyl (C=O) groups is 1. The lowest BCUT2D eigenvalue weighted by Gasteiger charge is -2.59. The van der Waals surface area contributed by atoms with Crippen molar-refractivity contribution in [1.82, 2.24) is 0 Å². The summed E-state index contributed by atoms with van der Waals surface area (Å²) in [6.45, 7) is 5.11. The third-order valence-corrected chi connectivity index (χ3v) is 8.52. The molecule has 3 fully saturated rings. The molecule has 0 saturated heterocycles. The molecule has 1 N–H and O–H groups in total. The summed E-state index contributed by atoms with van der Waals surface area (Å²) < 4.78 is 0. The van der Waals surface area contributed by atoms with E-state index in [9.17, 15) is 4.79 Å². The molecule has 0 heterocycles. The smallest absolute Gasteiger partial charge is 0.307 e. The summed E-state index contributed by atoms with van der Waals surface area (Å²) in [4.78, 5) is 11.1. The fourth-order valence-electron chi connectivity index (χ4n) is 7.26. The Morgan fingerprint density at radius 2 is 1.96 bits per heavy atom. The van der Waals surface area contributed by atoms with Gasteiger partial charge in [0, 0.05) is 0 Å². The number of aliphatic carboxylic acids is 1. The second kappa shape index (κ2) is 5.36. The lowest BCUT2D eigenvalue weighted by atomic mass is 9.46. The summed E-state index contributed by atoms with van der Waals surface area (Å²) in [6, 6.07) is 0. The minimum absolute atomic E-state index is 0.265. The molecule has 1 unspecified atom stereocenters. The van der Waals surface area contributed by atoms with E-state index in [1.807, 2.05) is 0 Å². The Hall–Kier alpha value is -0.790. The van der Waals surface area contributed by atoms with Crippen LogP contribution in [0.1, 0.15) is 78.1 Å². The van der Waals surface area contributed by atoms with Crippen molar-refractivity contribution in [2.24, 2.45) is 34.5 Å². The summed E-state index contributed by atoms with van der Waals surface area (Å²) in [7, 11) is 0. The molecule has 6 atom stereocenters. The fourth-order valence-corrected chi connectivity index (χ4v) is 7.26. The maximum absolute atomic E-state index is 11.1. The van der Waals surface area contributed by atoms with Gasteiger partial charge in [0.1, 0.15) is 0 Å². The van der Waals surface area contributed by atoms with Crippen molar-refractivity contribution < 1.29 is 9.90 Å². The van der Waals surface area contributed by atoms with Crippen LogP contribution in [0, 0.1) is 34.5 Å². The fraction of sp³-hybridized carbons (Fsp3) is 0.857. The molecule has 0 spiro atoms. The molecule has 0 radical (unpaired) electrons. The van der Waals surface area contributed by atoms with Crippen molar-refractivity contribution in [2.75, 3.05) is 0 Å². The average molecular weight is 316 g/mol. The monoisotopic (exact) mass is 316 g/mol. The second-order valence-corrected chi connectivity index (χ2v) is 9.55. The molecule has 4 aliphatic rings. The van der Waals surface area contributed by atoms with Crippen LogP contribution in [-0.2, 0) is 4.79 Å². The van der Waals surface area contributed by atoms with E-state index in [-0.39, 0.29) is 6.42 Å². The van der Waals surface area contributed by atoms with Crippen molar-refractivity contribution in [3.05, 3.63) is 11.6 Å². The first-order chi connectivity index (χ1) is 10.9. The molecule has 23 heavy (non-hydrogen) atoms. The predicted octanol–water partition coefficient (Wildman–Crippen LogP) is 5.43. The van der Waals surface area contributed by atoms with Gasteiger partial charge in [-0.25, -0.2) is 0 Å². The third kappa shape index (κ3) is 2.39. The standard InChI is InChI=1S/C21H32O2/c1-20-9-3-4-17(20)16-6-5-15-12-14(13-19(22)23)7-11-21(15,2)18(16)8-10-20/h12,15-18H,3-11,13H2,1-2H3,(H,22,23)/t15?,16-,17-,18-,20-,21-/m0/s1. The number of carboxylic acids is 1. The Morgan fingerprint density at radius 1 is 1.13 bits per heavy atom. The Morgan fingerprint density at radius 3 is 2.74 bits per heavy atom. The quantitative estimate of drug-likeness (QED) is 0.690. The molecule has 3 saturated carbocycles. The van der Waals surface area contributed by atoms with Crippen molar-refractivity contribution in [3.8, 4) is 0 Å². The predicted molar refractivity (Wildman–Crippen MR) is 92.1 cm³/mol. The van der Waals surface area contributed by atoms with Gasteiger partial charge in [0.2, 0.25) is 0 Å². The van der Waals surface area contributed by atoms with Gasteiger partial charge in [0.05, 0.1) is 6.42 Å². The van der Waals surface area contributed by atoms with E-state index in [2.05, 4.69) is 19.9 Å². The molecule has 0 amide bonds. The molecular formula is C21H32O2. The molecule has 4 aliphatic carbocycles. The van der Waals surface area contributed by atoms with E-state index in [1.165, 1.54) is 56.9 Å². The van der Waals surface area contributed by atoms with Crippen molar-refractivity contribution in [3.63, 3.8) is 0 Å². The van der Waals surface area contributed by atoms with Crippen molar-refractivity contribution in [2.45, 2.75) is 78.1 Å². The van der Waals surface area contributed by atoms with Crippen LogP contribution < -0.4 is 0 Å². The number of carboxylic acid groups (broad SMARTS) is 1. The van der Waals surface area contributed by atoms with Gasteiger partial charge >= 0.3 is 5.97 Å². The highest BCUT2D eigenvalue weighted by molar-refractivity contribution is 5.70. The normalized spacial score (nSPS) is 48.9. The van der Waals surface area contributed by atoms with Crippen LogP contribution in [0.4, 0.5) is 0 Å². The first-order valence-corrected chi connectivity index (χ1v) is 9.84. The van der Waals surface area contributed by atoms with Gasteiger partial charge in [0.25, 0.3) is 0 Å². The topological polar surface area (TPSA) is 37.3 Å². The van der Waals surface area contributed by atoms with E-state index in [0.29, 0.717) is 16.7 Å². The first-order valence-electron chi connectivity index (χ1n) is 9.84. The number of hydrogen-bond donors (Lipinski definition) is 1. The van der Waals surface area contributed by atoms with E-state index < -0.39 is 5.97 Å². The Kier molecular flexibility index (Phi) is 3.66. The zero-order valence-corrected chi connectivity index (χ0v) is 14.8. The largest absolute Gasteiger partial charge is 0.481 e. The minimum Gasteiger partial charge on any atom is -0.481 e. The molecule has 128 valence electrons. The Balaban J connectivity index is 1.59. The third-order valence-electron chi connectivity index (χ3n) is 8.52. The summed E-state index contributed by atoms with van der Waals surface area (Å²) in [5, 5.41) is 9.10. The molecule has 2 nitrogen and oxygen atoms in total. The van der Waals surface area contributed by atoms with Crippen LogP contribution in [0.3, 0.4) is 0 Å². The van der Waals surface area contributed by atoms with Crippen molar-refractivity contribution in [1.29, 1.82) is 0 Å². The maximum atomic E-state index is 11.1. The SMILES string of the molecule is C[C@@]12CCC[C@H]1[C@@H]1CCC3C=C(CC(=O)O)CC[C@]3(C)[C@H]1CC2. The van der Waals surface area contributed by atoms with Gasteiger partial charge in [-0.15, -0.1) is 0 Å². The van der Waals surface area contributed by atoms with Crippen LogP contribution in [0.25, 0.3) is 0 Å². The Labute approximate surface area is 140 Å². The van der Waals surface area contributed by atoms with E-state index in [1.54, 1.807) is 0 Å². The van der Waals surface area contributed by atoms with E-state index >= 15 is 0 Å². The highest BCUT2D eigenvalue weighted by atomic mass is 16.4. The van der Waals surface area contributed by atoms with Crippen LogP contribution in [0.5, 0.6) is 0 Å². The van der Waals surface area contributed by atoms with Gasteiger partial charge in [-0.1, -0.05) is 31.9 Å². The maximum Gasteiger partial charge on any atom is 0.307 e. The lowest BCUT2D eigenvalue weighted by molar-refractivity contribution is -0.136. The summed E-state index contributed by atoms with van der Waals surface area (Å²) in [6.07, 6.45) is 14.8. The first kappa shape index (κ1) is 15.7. The van der Waals surface area contributed by atoms with Gasteiger partial charge < -0.3 is 5.11 Å². The molecule has 0 aliphatic heterocycles. The summed E-state index contributed by atoms with van der Waals surface area (Å²) >= 11 is 0. The number of fused-ring (bicyclic) bond motifs is 5. The van der Waals surface area contributed by atoms with Gasteiger partial charge in [-0.3, -0.25) is 4.79 Å². The van der Waals surface area contributed by atoms with E-state index in [4.69, 9.17) is 5.11 Å². The number of hydrogen-bond acceptors (Lipinski definition) is 1. The van der Waals surface area contributed by atoms with Gasteiger partial charge in [-0.2, -0.15) is 0 Å². The van der Waals surface area contributed by atoms with Gasteiger partial charge in [-0.05, 0) is 85.9 Å². The highest BCUT2D eigenvalue weighted by Crippen LogP contribution is 2.65. The molecule has 0 aromatic heterocycles. The Bertz CT molecular complexity index is 536. The minimum atomic E-state index is -0.659. The molecule has 0 aromatic rings. The second-order valence-electron chi connectivity index (χ2n) is 9.55. The van der Waals surface area contributed by atoms with E-state index in [0.717, 1.165) is 24.2 Å². The van der Waals surface area contributed by atoms with Gasteiger partial charge in [0.15, 0.2) is 0 Å². The number of allylic oxidation sites excluding steroid dienone is 1. The zero-order chi connectivity index (χ0) is 16.2. The number of rotatable bonds is 2. The van der Waals surface area contributed by atoms with Crippen molar-refractivity contribution >= 4 is 5.97 Å². The van der Waals surface area contributed by atoms with Crippen LogP contribution in [0.2, 0.25) is 0 Å². The summed E-state index contributed by atoms with van der Waals surface area (Å²) in [5.74, 6) is 2.79. The van der Waals surface area contributed by atoms with Crippen LogP contribution in [-0.4, -0.2) is 11.1 Å². The highest BCUT2D eigenvalue weighted by Gasteiger charge is 2.56. The van der Waals surface area contributed by atoms with Crippen LogP contribution in [0.15, 0.2) is 11.6 Å². The molecule has 2 heteroatoms. The molecular weight excluding hydrogens is 284 g/mol. The molecule has 4 rings (SSSR count). The average Bonchev–Trinajstić information content (AvgIpc) is 2.89. The molecule has 0 aromatic carbocycles.